The third-order valence-electron chi connectivity index (χ3n) is 2.66. The first-order valence-corrected chi connectivity index (χ1v) is 6.06. The van der Waals surface area contributed by atoms with E-state index in [-0.39, 0.29) is 17.0 Å². The fourth-order valence-corrected chi connectivity index (χ4v) is 1.68. The average molecular weight is 308 g/mol. The van der Waals surface area contributed by atoms with Gasteiger partial charge in [-0.2, -0.15) is 8.78 Å². The molecular weight excluding hydrogens is 298 g/mol. The molecule has 0 saturated carbocycles. The zero-order valence-electron chi connectivity index (χ0n) is 11.0. The maximum absolute atomic E-state index is 12.1. The molecule has 1 amide bonds. The largest absolute Gasteiger partial charge is 0.435 e. The number of carbonyl (C=O) groups is 1. The number of non-ortho nitro benzene ring substituents is 1. The zero-order chi connectivity index (χ0) is 16.1. The van der Waals surface area contributed by atoms with Gasteiger partial charge in [0.05, 0.1) is 4.92 Å². The first-order valence-electron chi connectivity index (χ1n) is 6.06. The Morgan fingerprint density at radius 1 is 1.18 bits per heavy atom. The van der Waals surface area contributed by atoms with E-state index < -0.39 is 17.4 Å². The molecule has 114 valence electrons. The fourth-order valence-electron chi connectivity index (χ4n) is 1.68. The molecule has 8 heteroatoms. The summed E-state index contributed by atoms with van der Waals surface area (Å²) in [6.45, 7) is -2.98. The molecule has 22 heavy (non-hydrogen) atoms. The standard InChI is InChI=1S/C14H10F2N2O4/c15-14(16)22-12-3-1-2-9(8-12)13(19)17-10-4-6-11(7-5-10)18(20)21/h1-8,14H,(H,17,19). The van der Waals surface area contributed by atoms with Crippen molar-refractivity contribution in [1.82, 2.24) is 0 Å². The molecule has 0 aliphatic heterocycles. The van der Waals surface area contributed by atoms with Crippen molar-refractivity contribution in [1.29, 1.82) is 0 Å². The van der Waals surface area contributed by atoms with E-state index in [0.29, 0.717) is 5.69 Å². The number of carbonyl (C=O) groups excluding carboxylic acids is 1. The molecule has 0 unspecified atom stereocenters. The highest BCUT2D eigenvalue weighted by atomic mass is 19.3. The van der Waals surface area contributed by atoms with Crippen molar-refractivity contribution < 1.29 is 23.2 Å². The Morgan fingerprint density at radius 2 is 1.86 bits per heavy atom. The number of nitro groups is 1. The van der Waals surface area contributed by atoms with Gasteiger partial charge >= 0.3 is 6.61 Å². The lowest BCUT2D eigenvalue weighted by Gasteiger charge is -2.08. The normalized spacial score (nSPS) is 10.3. The topological polar surface area (TPSA) is 81.5 Å². The molecule has 1 N–H and O–H groups in total. The molecule has 0 aliphatic rings. The number of anilines is 1. The van der Waals surface area contributed by atoms with Gasteiger partial charge in [0.25, 0.3) is 11.6 Å². The molecule has 0 aromatic heterocycles. The van der Waals surface area contributed by atoms with E-state index in [9.17, 15) is 23.7 Å². The van der Waals surface area contributed by atoms with Crippen molar-refractivity contribution in [2.24, 2.45) is 0 Å². The van der Waals surface area contributed by atoms with Crippen LogP contribution in [0.15, 0.2) is 48.5 Å². The van der Waals surface area contributed by atoms with E-state index in [1.54, 1.807) is 0 Å². The Hall–Kier alpha value is -3.03. The second kappa shape index (κ2) is 6.61. The highest BCUT2D eigenvalue weighted by Crippen LogP contribution is 2.19. The fraction of sp³-hybridized carbons (Fsp3) is 0.0714. The molecule has 0 heterocycles. The molecule has 0 fully saturated rings. The van der Waals surface area contributed by atoms with Gasteiger partial charge in [0, 0.05) is 23.4 Å². The van der Waals surface area contributed by atoms with Crippen LogP contribution < -0.4 is 10.1 Å². The molecule has 0 saturated heterocycles. The van der Waals surface area contributed by atoms with Gasteiger partial charge in [-0.1, -0.05) is 6.07 Å². The lowest BCUT2D eigenvalue weighted by atomic mass is 10.2. The second-order valence-electron chi connectivity index (χ2n) is 4.16. The Labute approximate surface area is 123 Å². The SMILES string of the molecule is O=C(Nc1ccc([N+](=O)[O-])cc1)c1cccc(OC(F)F)c1. The average Bonchev–Trinajstić information content (AvgIpc) is 2.47. The summed E-state index contributed by atoms with van der Waals surface area (Å²) in [5.74, 6) is -0.681. The summed E-state index contributed by atoms with van der Waals surface area (Å²) >= 11 is 0. The smallest absolute Gasteiger partial charge is 0.387 e. The lowest BCUT2D eigenvalue weighted by Crippen LogP contribution is -2.12. The zero-order valence-corrected chi connectivity index (χ0v) is 11.0. The van der Waals surface area contributed by atoms with Crippen LogP contribution in [0.1, 0.15) is 10.4 Å². The molecule has 0 aliphatic carbocycles. The maximum Gasteiger partial charge on any atom is 0.387 e. The van der Waals surface area contributed by atoms with Gasteiger partial charge in [0.1, 0.15) is 5.75 Å². The number of amides is 1. The molecule has 2 rings (SSSR count). The third-order valence-corrected chi connectivity index (χ3v) is 2.66. The quantitative estimate of drug-likeness (QED) is 0.677. The molecular formula is C14H10F2N2O4. The van der Waals surface area contributed by atoms with E-state index in [0.717, 1.165) is 0 Å². The third kappa shape index (κ3) is 3.98. The van der Waals surface area contributed by atoms with Gasteiger partial charge < -0.3 is 10.1 Å². The number of nitro benzene ring substituents is 1. The summed E-state index contributed by atoms with van der Waals surface area (Å²) in [6, 6.07) is 10.5. The predicted molar refractivity (Wildman–Crippen MR) is 74.1 cm³/mol. The van der Waals surface area contributed by atoms with Crippen molar-refractivity contribution in [3.63, 3.8) is 0 Å². The summed E-state index contributed by atoms with van der Waals surface area (Å²) in [4.78, 5) is 21.9. The number of alkyl halides is 2. The summed E-state index contributed by atoms with van der Waals surface area (Å²) in [7, 11) is 0. The number of hydrogen-bond donors (Lipinski definition) is 1. The first-order chi connectivity index (χ1) is 10.5. The number of ether oxygens (including phenoxy) is 1. The summed E-state index contributed by atoms with van der Waals surface area (Å²) < 4.78 is 28.5. The van der Waals surface area contributed by atoms with Crippen LogP contribution in [-0.4, -0.2) is 17.4 Å². The van der Waals surface area contributed by atoms with E-state index in [4.69, 9.17) is 0 Å². The van der Waals surface area contributed by atoms with Gasteiger partial charge in [0.2, 0.25) is 0 Å². The predicted octanol–water partition coefficient (Wildman–Crippen LogP) is 3.45. The second-order valence-corrected chi connectivity index (χ2v) is 4.16. The van der Waals surface area contributed by atoms with Crippen LogP contribution in [0.5, 0.6) is 5.75 Å². The molecule has 2 aromatic carbocycles. The van der Waals surface area contributed by atoms with Crippen LogP contribution in [-0.2, 0) is 0 Å². The first kappa shape index (κ1) is 15.4. The number of hydrogen-bond acceptors (Lipinski definition) is 4. The van der Waals surface area contributed by atoms with Gasteiger partial charge in [-0.15, -0.1) is 0 Å². The number of nitrogens with one attached hydrogen (secondary N) is 1. The highest BCUT2D eigenvalue weighted by Gasteiger charge is 2.11. The number of benzene rings is 2. The summed E-state index contributed by atoms with van der Waals surface area (Å²) in [6.07, 6.45) is 0. The van der Waals surface area contributed by atoms with Crippen molar-refractivity contribution in [3.05, 3.63) is 64.2 Å². The van der Waals surface area contributed by atoms with Crippen molar-refractivity contribution in [2.45, 2.75) is 6.61 Å². The molecule has 6 nitrogen and oxygen atoms in total. The Morgan fingerprint density at radius 3 is 2.45 bits per heavy atom. The Bertz CT molecular complexity index is 689. The van der Waals surface area contributed by atoms with Crippen molar-refractivity contribution in [2.75, 3.05) is 5.32 Å². The van der Waals surface area contributed by atoms with Crippen molar-refractivity contribution in [3.8, 4) is 5.75 Å². The van der Waals surface area contributed by atoms with Crippen LogP contribution in [0.25, 0.3) is 0 Å². The van der Waals surface area contributed by atoms with Crippen LogP contribution >= 0.6 is 0 Å². The van der Waals surface area contributed by atoms with E-state index in [1.807, 2.05) is 0 Å². The van der Waals surface area contributed by atoms with Crippen LogP contribution in [0, 0.1) is 10.1 Å². The molecule has 0 radical (unpaired) electrons. The minimum Gasteiger partial charge on any atom is -0.435 e. The molecule has 0 atom stereocenters. The van der Waals surface area contributed by atoms with Gasteiger partial charge in [0.15, 0.2) is 0 Å². The van der Waals surface area contributed by atoms with Crippen LogP contribution in [0.2, 0.25) is 0 Å². The van der Waals surface area contributed by atoms with Gasteiger partial charge in [-0.3, -0.25) is 14.9 Å². The van der Waals surface area contributed by atoms with Gasteiger partial charge in [-0.25, -0.2) is 0 Å². The molecule has 2 aromatic rings. The van der Waals surface area contributed by atoms with E-state index in [1.165, 1.54) is 48.5 Å². The monoisotopic (exact) mass is 308 g/mol. The molecule has 0 bridgehead atoms. The Balaban J connectivity index is 2.10. The van der Waals surface area contributed by atoms with E-state index >= 15 is 0 Å². The van der Waals surface area contributed by atoms with Crippen LogP contribution in [0.3, 0.4) is 0 Å². The Kier molecular flexibility index (Phi) is 4.62. The number of nitrogens with zero attached hydrogens (tertiary/aromatic N) is 1. The summed E-state index contributed by atoms with van der Waals surface area (Å²) in [5, 5.41) is 13.0. The number of halogens is 2. The van der Waals surface area contributed by atoms with E-state index in [2.05, 4.69) is 10.1 Å². The van der Waals surface area contributed by atoms with Gasteiger partial charge in [-0.05, 0) is 30.3 Å². The lowest BCUT2D eigenvalue weighted by molar-refractivity contribution is -0.384. The number of rotatable bonds is 5. The maximum atomic E-state index is 12.1. The molecule has 0 spiro atoms. The van der Waals surface area contributed by atoms with Crippen molar-refractivity contribution >= 4 is 17.3 Å². The minimum atomic E-state index is -2.98. The highest BCUT2D eigenvalue weighted by molar-refractivity contribution is 6.04. The summed E-state index contributed by atoms with van der Waals surface area (Å²) in [5.41, 5.74) is 0.359. The van der Waals surface area contributed by atoms with Crippen LogP contribution in [0.4, 0.5) is 20.2 Å². The minimum absolute atomic E-state index is 0.106.